The molecule has 1 atom stereocenters. The van der Waals surface area contributed by atoms with E-state index in [1.807, 2.05) is 6.07 Å². The van der Waals surface area contributed by atoms with Gasteiger partial charge in [0.25, 0.3) is 0 Å². The Morgan fingerprint density at radius 3 is 3.31 bits per heavy atom. The minimum absolute atomic E-state index is 0.00856. The lowest BCUT2D eigenvalue weighted by molar-refractivity contribution is -0.119. The second-order valence-electron chi connectivity index (χ2n) is 3.46. The lowest BCUT2D eigenvalue weighted by Gasteiger charge is -2.21. The van der Waals surface area contributed by atoms with Gasteiger partial charge in [-0.2, -0.15) is 0 Å². The molecular formula is C10H13NO2. The van der Waals surface area contributed by atoms with Gasteiger partial charge in [-0.25, -0.2) is 0 Å². The van der Waals surface area contributed by atoms with Crippen molar-refractivity contribution in [3.05, 3.63) is 23.7 Å². The number of carbonyl (C=O) groups is 1. The Morgan fingerprint density at radius 2 is 2.54 bits per heavy atom. The van der Waals surface area contributed by atoms with Crippen molar-refractivity contribution < 1.29 is 9.21 Å². The van der Waals surface area contributed by atoms with Gasteiger partial charge in [-0.1, -0.05) is 0 Å². The molecule has 1 N–H and O–H groups in total. The van der Waals surface area contributed by atoms with Gasteiger partial charge in [0.1, 0.15) is 5.76 Å². The summed E-state index contributed by atoms with van der Waals surface area (Å²) in [5.41, 5.74) is 1.24. The van der Waals surface area contributed by atoms with Gasteiger partial charge in [-0.15, -0.1) is 0 Å². The maximum atomic E-state index is 10.9. The molecule has 1 aliphatic carbocycles. The molecule has 1 heterocycles. The average Bonchev–Trinajstić information content (AvgIpc) is 2.51. The summed E-state index contributed by atoms with van der Waals surface area (Å²) >= 11 is 0. The Morgan fingerprint density at radius 1 is 1.69 bits per heavy atom. The molecule has 2 rings (SSSR count). The summed E-state index contributed by atoms with van der Waals surface area (Å²) in [4.78, 5) is 10.9. The van der Waals surface area contributed by atoms with Crippen LogP contribution in [0, 0.1) is 0 Å². The monoisotopic (exact) mass is 179 g/mol. The lowest BCUT2D eigenvalue weighted by atomic mass is 9.94. The van der Waals surface area contributed by atoms with E-state index in [1.165, 1.54) is 12.5 Å². The van der Waals surface area contributed by atoms with E-state index in [0.29, 0.717) is 0 Å². The van der Waals surface area contributed by atoms with Gasteiger partial charge in [0.15, 0.2) is 0 Å². The Labute approximate surface area is 77.1 Å². The molecular weight excluding hydrogens is 166 g/mol. The molecule has 0 radical (unpaired) electrons. The van der Waals surface area contributed by atoms with Crippen LogP contribution in [0.5, 0.6) is 0 Å². The zero-order valence-corrected chi connectivity index (χ0v) is 7.67. The Balaban J connectivity index is 2.20. The van der Waals surface area contributed by atoms with Crippen molar-refractivity contribution in [1.29, 1.82) is 0 Å². The molecule has 1 amide bonds. The summed E-state index contributed by atoms with van der Waals surface area (Å²) in [5, 5.41) is 2.89. The van der Waals surface area contributed by atoms with Crippen LogP contribution in [0.3, 0.4) is 0 Å². The number of carbonyl (C=O) groups excluding carboxylic acids is 1. The van der Waals surface area contributed by atoms with Gasteiger partial charge in [0.05, 0.1) is 12.3 Å². The van der Waals surface area contributed by atoms with Crippen molar-refractivity contribution in [1.82, 2.24) is 5.32 Å². The first-order valence-corrected chi connectivity index (χ1v) is 4.61. The van der Waals surface area contributed by atoms with E-state index in [9.17, 15) is 4.79 Å². The minimum atomic E-state index is 0.00856. The predicted molar refractivity (Wildman–Crippen MR) is 48.2 cm³/mol. The highest BCUT2D eigenvalue weighted by atomic mass is 16.3. The van der Waals surface area contributed by atoms with Crippen LogP contribution in [-0.2, 0) is 11.2 Å². The number of amides is 1. The molecule has 70 valence electrons. The van der Waals surface area contributed by atoms with E-state index in [4.69, 9.17) is 4.42 Å². The Kier molecular flexibility index (Phi) is 2.08. The number of fused-ring (bicyclic) bond motifs is 1. The summed E-state index contributed by atoms with van der Waals surface area (Å²) in [6.45, 7) is 1.54. The topological polar surface area (TPSA) is 42.2 Å². The van der Waals surface area contributed by atoms with Crippen molar-refractivity contribution in [3.63, 3.8) is 0 Å². The highest BCUT2D eigenvalue weighted by Crippen LogP contribution is 2.30. The zero-order valence-electron chi connectivity index (χ0n) is 7.67. The molecule has 0 unspecified atom stereocenters. The van der Waals surface area contributed by atoms with E-state index >= 15 is 0 Å². The van der Waals surface area contributed by atoms with E-state index in [-0.39, 0.29) is 11.9 Å². The molecule has 0 bridgehead atoms. The van der Waals surface area contributed by atoms with E-state index in [1.54, 1.807) is 6.26 Å². The number of rotatable bonds is 1. The third-order valence-electron chi connectivity index (χ3n) is 2.41. The molecule has 0 saturated carbocycles. The maximum Gasteiger partial charge on any atom is 0.217 e. The van der Waals surface area contributed by atoms with Crippen molar-refractivity contribution in [2.45, 2.75) is 32.2 Å². The predicted octanol–water partition coefficient (Wildman–Crippen LogP) is 1.79. The number of furan rings is 1. The van der Waals surface area contributed by atoms with Crippen LogP contribution < -0.4 is 5.32 Å². The minimum Gasteiger partial charge on any atom is -0.467 e. The number of hydrogen-bond acceptors (Lipinski definition) is 2. The second-order valence-corrected chi connectivity index (χ2v) is 3.46. The fourth-order valence-electron chi connectivity index (χ4n) is 1.87. The highest BCUT2D eigenvalue weighted by molar-refractivity contribution is 5.73. The first-order valence-electron chi connectivity index (χ1n) is 4.61. The van der Waals surface area contributed by atoms with Gasteiger partial charge in [-0.3, -0.25) is 4.79 Å². The van der Waals surface area contributed by atoms with Gasteiger partial charge in [0.2, 0.25) is 5.91 Å². The van der Waals surface area contributed by atoms with Gasteiger partial charge in [-0.05, 0) is 30.9 Å². The lowest BCUT2D eigenvalue weighted by Crippen LogP contribution is -2.28. The fourth-order valence-corrected chi connectivity index (χ4v) is 1.87. The quantitative estimate of drug-likeness (QED) is 0.714. The summed E-state index contributed by atoms with van der Waals surface area (Å²) in [5.74, 6) is 0.954. The molecule has 13 heavy (non-hydrogen) atoms. The first-order chi connectivity index (χ1) is 6.27. The highest BCUT2D eigenvalue weighted by Gasteiger charge is 2.23. The normalized spacial score (nSPS) is 20.8. The largest absolute Gasteiger partial charge is 0.467 e. The van der Waals surface area contributed by atoms with Crippen LogP contribution in [-0.4, -0.2) is 5.91 Å². The summed E-state index contributed by atoms with van der Waals surface area (Å²) in [7, 11) is 0. The molecule has 3 nitrogen and oxygen atoms in total. The van der Waals surface area contributed by atoms with Crippen LogP contribution in [0.4, 0.5) is 0 Å². The molecule has 0 aromatic carbocycles. The molecule has 1 aromatic heterocycles. The fraction of sp³-hybridized carbons (Fsp3) is 0.500. The van der Waals surface area contributed by atoms with Crippen molar-refractivity contribution in [2.24, 2.45) is 0 Å². The molecule has 1 aromatic rings. The van der Waals surface area contributed by atoms with Crippen LogP contribution in [0.2, 0.25) is 0 Å². The number of nitrogens with one attached hydrogen (secondary N) is 1. The Hall–Kier alpha value is -1.25. The van der Waals surface area contributed by atoms with Crippen molar-refractivity contribution >= 4 is 5.91 Å². The van der Waals surface area contributed by atoms with E-state index in [2.05, 4.69) is 5.32 Å². The molecule has 0 fully saturated rings. The molecule has 3 heteroatoms. The standard InChI is InChI=1S/C10H13NO2/c1-7(12)11-9-4-2-3-8-5-6-13-10(8)9/h5-6,9H,2-4H2,1H3,(H,11,12)/t9-/m0/s1. The van der Waals surface area contributed by atoms with Crippen LogP contribution >= 0.6 is 0 Å². The van der Waals surface area contributed by atoms with Crippen molar-refractivity contribution in [2.75, 3.05) is 0 Å². The second kappa shape index (κ2) is 3.24. The van der Waals surface area contributed by atoms with Crippen LogP contribution in [0.25, 0.3) is 0 Å². The van der Waals surface area contributed by atoms with Crippen LogP contribution in [0.15, 0.2) is 16.7 Å². The maximum absolute atomic E-state index is 10.9. The number of hydrogen-bond donors (Lipinski definition) is 1. The smallest absolute Gasteiger partial charge is 0.217 e. The third-order valence-corrected chi connectivity index (χ3v) is 2.41. The summed E-state index contributed by atoms with van der Waals surface area (Å²) in [6.07, 6.45) is 4.88. The third kappa shape index (κ3) is 1.59. The number of aryl methyl sites for hydroxylation is 1. The first kappa shape index (κ1) is 8.35. The summed E-state index contributed by atoms with van der Waals surface area (Å²) in [6, 6.07) is 2.08. The van der Waals surface area contributed by atoms with Gasteiger partial charge < -0.3 is 9.73 Å². The van der Waals surface area contributed by atoms with Gasteiger partial charge >= 0.3 is 0 Å². The van der Waals surface area contributed by atoms with Crippen molar-refractivity contribution in [3.8, 4) is 0 Å². The average molecular weight is 179 g/mol. The summed E-state index contributed by atoms with van der Waals surface area (Å²) < 4.78 is 5.35. The van der Waals surface area contributed by atoms with E-state index in [0.717, 1.165) is 25.0 Å². The Bertz CT molecular complexity index is 316. The molecule has 1 aliphatic rings. The van der Waals surface area contributed by atoms with Crippen LogP contribution in [0.1, 0.15) is 37.1 Å². The van der Waals surface area contributed by atoms with Gasteiger partial charge in [0, 0.05) is 6.92 Å². The zero-order chi connectivity index (χ0) is 9.26. The molecule has 0 spiro atoms. The van der Waals surface area contributed by atoms with E-state index < -0.39 is 0 Å². The molecule has 0 saturated heterocycles. The molecule has 0 aliphatic heterocycles. The SMILES string of the molecule is CC(=O)N[C@H]1CCCc2ccoc21.